The molecule has 3 aromatic rings. The molecule has 160 valence electrons. The van der Waals surface area contributed by atoms with E-state index in [1.54, 1.807) is 49.5 Å². The molecule has 0 fully saturated rings. The number of carbonyl (C=O) groups is 2. The number of nitrogens with one attached hydrogen (secondary N) is 1. The Balaban J connectivity index is 1.57. The fourth-order valence-corrected chi connectivity index (χ4v) is 3.99. The predicted octanol–water partition coefficient (Wildman–Crippen LogP) is 3.29. The van der Waals surface area contributed by atoms with Crippen molar-refractivity contribution in [3.8, 4) is 23.1 Å². The van der Waals surface area contributed by atoms with Gasteiger partial charge in [0.1, 0.15) is 17.4 Å². The van der Waals surface area contributed by atoms with E-state index in [1.165, 1.54) is 4.90 Å². The third-order valence-corrected chi connectivity index (χ3v) is 5.96. The van der Waals surface area contributed by atoms with E-state index in [2.05, 4.69) is 9.97 Å². The number of aromatic nitrogens is 2. The Morgan fingerprint density at radius 2 is 2.03 bits per heavy atom. The largest absolute Gasteiger partial charge is 0.482 e. The number of benzene rings is 2. The Morgan fingerprint density at radius 1 is 1.28 bits per heavy atom. The number of likely N-dealkylation sites (N-methyl/N-ethyl adjacent to an activating group) is 1. The molecule has 32 heavy (non-hydrogen) atoms. The number of nitriles is 1. The second-order valence-corrected chi connectivity index (χ2v) is 8.25. The minimum absolute atomic E-state index is 0.00774. The lowest BCUT2D eigenvalue weighted by Crippen LogP contribution is -2.35. The van der Waals surface area contributed by atoms with Crippen molar-refractivity contribution in [1.82, 2.24) is 9.97 Å². The highest BCUT2D eigenvalue weighted by atomic mass is 35.5. The molecule has 1 N–H and O–H groups in total. The van der Waals surface area contributed by atoms with E-state index in [1.807, 2.05) is 6.07 Å². The average molecular weight is 467 g/mol. The summed E-state index contributed by atoms with van der Waals surface area (Å²) >= 11 is 6.96. The minimum Gasteiger partial charge on any atom is -0.482 e. The van der Waals surface area contributed by atoms with Crippen molar-refractivity contribution in [2.45, 2.75) is 5.16 Å². The Labute approximate surface area is 191 Å². The minimum atomic E-state index is -0.589. The number of rotatable bonds is 5. The van der Waals surface area contributed by atoms with Crippen LogP contribution in [0.4, 0.5) is 5.69 Å². The molecule has 2 heterocycles. The van der Waals surface area contributed by atoms with E-state index >= 15 is 0 Å². The third-order valence-electron chi connectivity index (χ3n) is 4.83. The Morgan fingerprint density at radius 3 is 2.75 bits per heavy atom. The average Bonchev–Trinajstić information content (AvgIpc) is 2.80. The predicted molar refractivity (Wildman–Crippen MR) is 120 cm³/mol. The highest BCUT2D eigenvalue weighted by Gasteiger charge is 2.23. The van der Waals surface area contributed by atoms with Crippen molar-refractivity contribution >= 4 is 40.7 Å². The van der Waals surface area contributed by atoms with Gasteiger partial charge < -0.3 is 14.6 Å². The zero-order chi connectivity index (χ0) is 22.8. The van der Waals surface area contributed by atoms with Crippen molar-refractivity contribution in [2.75, 3.05) is 24.3 Å². The topological polar surface area (TPSA) is 116 Å². The molecule has 1 aliphatic rings. The van der Waals surface area contributed by atoms with E-state index in [9.17, 15) is 19.6 Å². The molecule has 0 bridgehead atoms. The summed E-state index contributed by atoms with van der Waals surface area (Å²) in [4.78, 5) is 45.3. The van der Waals surface area contributed by atoms with Crippen molar-refractivity contribution in [2.24, 2.45) is 0 Å². The van der Waals surface area contributed by atoms with Crippen LogP contribution in [0.3, 0.4) is 0 Å². The van der Waals surface area contributed by atoms with E-state index in [0.29, 0.717) is 27.6 Å². The maximum Gasteiger partial charge on any atom is 0.270 e. The number of ether oxygens (including phenoxy) is 1. The molecule has 4 rings (SSSR count). The van der Waals surface area contributed by atoms with Crippen LogP contribution in [0.25, 0.3) is 11.3 Å². The standard InChI is InChI=1S/C22H15ClN4O4S/c1-27-16-8-13(4-7-18(16)31-10-19(27)29)17(28)11-32-22-25-20(15(9-24)21(30)26-22)12-2-5-14(23)6-3-12/h2-8H,10-11H2,1H3,(H,25,26,30). The lowest BCUT2D eigenvalue weighted by atomic mass is 10.1. The number of hydrogen-bond donors (Lipinski definition) is 1. The molecule has 2 aromatic carbocycles. The maximum atomic E-state index is 12.7. The summed E-state index contributed by atoms with van der Waals surface area (Å²) in [6.07, 6.45) is 0. The van der Waals surface area contributed by atoms with Crippen LogP contribution >= 0.6 is 23.4 Å². The van der Waals surface area contributed by atoms with Crippen LogP contribution in [-0.4, -0.2) is 41.1 Å². The molecule has 0 atom stereocenters. The number of H-pyrrole nitrogens is 1. The van der Waals surface area contributed by atoms with E-state index < -0.39 is 5.56 Å². The van der Waals surface area contributed by atoms with Gasteiger partial charge in [0.2, 0.25) is 0 Å². The fourth-order valence-electron chi connectivity index (χ4n) is 3.10. The molecule has 0 spiro atoms. The normalized spacial score (nSPS) is 12.7. The summed E-state index contributed by atoms with van der Waals surface area (Å²) in [6.45, 7) is -0.0413. The van der Waals surface area contributed by atoms with Crippen LogP contribution in [0, 0.1) is 11.3 Å². The van der Waals surface area contributed by atoms with Gasteiger partial charge in [0.25, 0.3) is 11.5 Å². The Hall–Kier alpha value is -3.61. The summed E-state index contributed by atoms with van der Waals surface area (Å²) in [6, 6.07) is 13.4. The molecule has 10 heteroatoms. The summed E-state index contributed by atoms with van der Waals surface area (Å²) in [7, 11) is 1.62. The maximum absolute atomic E-state index is 12.7. The van der Waals surface area contributed by atoms with Crippen LogP contribution in [0.1, 0.15) is 15.9 Å². The van der Waals surface area contributed by atoms with Gasteiger partial charge in [-0.1, -0.05) is 35.5 Å². The van der Waals surface area contributed by atoms with Gasteiger partial charge >= 0.3 is 0 Å². The Kier molecular flexibility index (Phi) is 5.99. The number of halogens is 1. The zero-order valence-electron chi connectivity index (χ0n) is 16.7. The first-order valence-electron chi connectivity index (χ1n) is 9.37. The molecule has 0 aliphatic carbocycles. The van der Waals surface area contributed by atoms with Crippen LogP contribution in [0.5, 0.6) is 5.75 Å². The number of aromatic amines is 1. The van der Waals surface area contributed by atoms with E-state index in [4.69, 9.17) is 16.3 Å². The van der Waals surface area contributed by atoms with Crippen LogP contribution < -0.4 is 15.2 Å². The molecule has 0 saturated heterocycles. The first-order valence-corrected chi connectivity index (χ1v) is 10.7. The second-order valence-electron chi connectivity index (χ2n) is 6.85. The lowest BCUT2D eigenvalue weighted by molar-refractivity contribution is -0.120. The van der Waals surface area contributed by atoms with Gasteiger partial charge in [-0.2, -0.15) is 5.26 Å². The zero-order valence-corrected chi connectivity index (χ0v) is 18.3. The van der Waals surface area contributed by atoms with Gasteiger partial charge in [0.15, 0.2) is 17.5 Å². The summed E-state index contributed by atoms with van der Waals surface area (Å²) in [5, 5.41) is 10.1. The van der Waals surface area contributed by atoms with E-state index in [0.717, 1.165) is 11.8 Å². The van der Waals surface area contributed by atoms with Gasteiger partial charge in [-0.25, -0.2) is 4.98 Å². The van der Waals surface area contributed by atoms with E-state index in [-0.39, 0.29) is 40.5 Å². The molecular formula is C22H15ClN4O4S. The monoisotopic (exact) mass is 466 g/mol. The number of fused-ring (bicyclic) bond motifs is 1. The van der Waals surface area contributed by atoms with Gasteiger partial charge in [-0.05, 0) is 30.3 Å². The van der Waals surface area contributed by atoms with Crippen LogP contribution in [-0.2, 0) is 4.79 Å². The lowest BCUT2D eigenvalue weighted by Gasteiger charge is -2.26. The summed E-state index contributed by atoms with van der Waals surface area (Å²) < 4.78 is 5.38. The van der Waals surface area contributed by atoms with Gasteiger partial charge in [-0.3, -0.25) is 14.4 Å². The highest BCUT2D eigenvalue weighted by Crippen LogP contribution is 2.32. The third kappa shape index (κ3) is 4.23. The smallest absolute Gasteiger partial charge is 0.270 e. The van der Waals surface area contributed by atoms with Crippen LogP contribution in [0.15, 0.2) is 52.4 Å². The highest BCUT2D eigenvalue weighted by molar-refractivity contribution is 7.99. The molecule has 1 amide bonds. The van der Waals surface area contributed by atoms with Gasteiger partial charge in [0.05, 0.1) is 17.1 Å². The number of hydrogen-bond acceptors (Lipinski definition) is 7. The molecule has 0 saturated carbocycles. The van der Waals surface area contributed by atoms with Gasteiger partial charge in [0, 0.05) is 23.2 Å². The second kappa shape index (κ2) is 8.86. The van der Waals surface area contributed by atoms with Crippen molar-refractivity contribution in [3.63, 3.8) is 0 Å². The summed E-state index contributed by atoms with van der Waals surface area (Å²) in [5.41, 5.74) is 0.989. The first-order chi connectivity index (χ1) is 15.4. The van der Waals surface area contributed by atoms with Crippen LogP contribution in [0.2, 0.25) is 5.02 Å². The molecule has 0 radical (unpaired) electrons. The number of amides is 1. The van der Waals surface area contributed by atoms with Crippen molar-refractivity contribution in [1.29, 1.82) is 5.26 Å². The molecule has 0 unspecified atom stereocenters. The van der Waals surface area contributed by atoms with Crippen molar-refractivity contribution < 1.29 is 14.3 Å². The molecule has 8 nitrogen and oxygen atoms in total. The van der Waals surface area contributed by atoms with Crippen molar-refractivity contribution in [3.05, 3.63) is 69.0 Å². The molecule has 1 aliphatic heterocycles. The Bertz CT molecular complexity index is 1330. The number of nitrogens with zero attached hydrogens (tertiary/aromatic N) is 3. The quantitative estimate of drug-likeness (QED) is 0.348. The SMILES string of the molecule is CN1C(=O)COc2ccc(C(=O)CSc3nc(-c4ccc(Cl)cc4)c(C#N)c(=O)[nH]3)cc21. The molecule has 1 aromatic heterocycles. The number of thioether (sulfide) groups is 1. The number of anilines is 1. The number of ketones is 1. The molecular weight excluding hydrogens is 452 g/mol. The number of carbonyl (C=O) groups excluding carboxylic acids is 2. The number of Topliss-reactive ketones (excluding diaryl/α,β-unsaturated/α-hetero) is 1. The fraction of sp³-hybridized carbons (Fsp3) is 0.136. The van der Waals surface area contributed by atoms with Gasteiger partial charge in [-0.15, -0.1) is 0 Å². The first kappa shape index (κ1) is 21.6. The summed E-state index contributed by atoms with van der Waals surface area (Å²) in [5.74, 6) is 0.100.